The fourth-order valence-corrected chi connectivity index (χ4v) is 2.86. The molecule has 1 aromatic heterocycles. The Kier molecular flexibility index (Phi) is 8.85. The molecule has 2 aromatic carbocycles. The summed E-state index contributed by atoms with van der Waals surface area (Å²) in [5, 5.41) is 6.06. The predicted octanol–water partition coefficient (Wildman–Crippen LogP) is 4.50. The number of benzene rings is 2. The van der Waals surface area contributed by atoms with Crippen LogP contribution in [0, 0.1) is 5.82 Å². The maximum Gasteiger partial charge on any atom is 0.291 e. The minimum Gasteiger partial charge on any atom is -0.459 e. The zero-order valence-electron chi connectivity index (χ0n) is 16.8. The molecule has 3 rings (SSSR count). The Bertz CT molecular complexity index is 975. The second-order valence-corrected chi connectivity index (χ2v) is 6.52. The molecule has 0 atom stereocenters. The topological polar surface area (TPSA) is 69.9 Å². The van der Waals surface area contributed by atoms with Crippen molar-refractivity contribution in [3.8, 4) is 0 Å². The van der Waals surface area contributed by atoms with E-state index in [4.69, 9.17) is 4.42 Å². The molecular formula is C22H24FIN4O2. The zero-order valence-corrected chi connectivity index (χ0v) is 19.1. The summed E-state index contributed by atoms with van der Waals surface area (Å²) < 4.78 is 18.4. The first-order chi connectivity index (χ1) is 14.0. The highest BCUT2D eigenvalue weighted by Crippen LogP contribution is 2.12. The van der Waals surface area contributed by atoms with Crippen molar-refractivity contribution in [2.24, 2.45) is 4.99 Å². The largest absolute Gasteiger partial charge is 0.459 e. The minimum absolute atomic E-state index is 0. The average molecular weight is 522 g/mol. The second-order valence-electron chi connectivity index (χ2n) is 6.52. The van der Waals surface area contributed by atoms with Crippen molar-refractivity contribution >= 4 is 41.5 Å². The van der Waals surface area contributed by atoms with Gasteiger partial charge in [0.2, 0.25) is 0 Å². The summed E-state index contributed by atoms with van der Waals surface area (Å²) in [4.78, 5) is 18.2. The highest BCUT2D eigenvalue weighted by Gasteiger charge is 2.09. The molecule has 30 heavy (non-hydrogen) atoms. The fraction of sp³-hybridized carbons (Fsp3) is 0.182. The first-order valence-electron chi connectivity index (χ1n) is 9.15. The lowest BCUT2D eigenvalue weighted by molar-refractivity contribution is 0.0996. The normalized spacial score (nSPS) is 10.8. The Morgan fingerprint density at radius 3 is 2.50 bits per heavy atom. The number of amides is 1. The summed E-state index contributed by atoms with van der Waals surface area (Å²) in [6.45, 7) is 1.10. The van der Waals surface area contributed by atoms with Crippen LogP contribution in [0.5, 0.6) is 0 Å². The summed E-state index contributed by atoms with van der Waals surface area (Å²) in [5.41, 5.74) is 2.58. The van der Waals surface area contributed by atoms with E-state index in [0.717, 1.165) is 11.1 Å². The number of carbonyl (C=O) groups is 1. The number of hydrogen-bond acceptors (Lipinski definition) is 3. The molecule has 0 saturated carbocycles. The van der Waals surface area contributed by atoms with Gasteiger partial charge in [-0.2, -0.15) is 0 Å². The molecule has 0 unspecified atom stereocenters. The molecule has 158 valence electrons. The van der Waals surface area contributed by atoms with Gasteiger partial charge in [0.1, 0.15) is 5.82 Å². The number of rotatable bonds is 6. The Hall–Kier alpha value is -2.88. The molecule has 1 heterocycles. The average Bonchev–Trinajstić information content (AvgIpc) is 3.25. The number of aliphatic imine (C=N–C) groups is 1. The Labute approximate surface area is 192 Å². The van der Waals surface area contributed by atoms with E-state index in [9.17, 15) is 9.18 Å². The van der Waals surface area contributed by atoms with Crippen molar-refractivity contribution in [1.82, 2.24) is 10.2 Å². The monoisotopic (exact) mass is 522 g/mol. The van der Waals surface area contributed by atoms with Gasteiger partial charge in [-0.05, 0) is 47.5 Å². The van der Waals surface area contributed by atoms with E-state index in [0.29, 0.717) is 24.7 Å². The molecule has 0 aliphatic heterocycles. The Morgan fingerprint density at radius 2 is 1.87 bits per heavy atom. The van der Waals surface area contributed by atoms with Gasteiger partial charge in [0.15, 0.2) is 11.7 Å². The van der Waals surface area contributed by atoms with E-state index in [-0.39, 0.29) is 41.5 Å². The number of hydrogen-bond donors (Lipinski definition) is 2. The third-order valence-corrected chi connectivity index (χ3v) is 4.29. The molecule has 3 aromatic rings. The number of carbonyl (C=O) groups excluding carboxylic acids is 1. The van der Waals surface area contributed by atoms with Crippen LogP contribution < -0.4 is 10.6 Å². The highest BCUT2D eigenvalue weighted by molar-refractivity contribution is 14.0. The lowest BCUT2D eigenvalue weighted by atomic mass is 10.2. The summed E-state index contributed by atoms with van der Waals surface area (Å²) in [7, 11) is 3.60. The third kappa shape index (κ3) is 6.58. The van der Waals surface area contributed by atoms with Crippen molar-refractivity contribution in [1.29, 1.82) is 0 Å². The van der Waals surface area contributed by atoms with Crippen LogP contribution in [-0.4, -0.2) is 30.9 Å². The van der Waals surface area contributed by atoms with E-state index in [2.05, 4.69) is 15.6 Å². The number of nitrogens with zero attached hydrogens (tertiary/aromatic N) is 2. The first-order valence-corrected chi connectivity index (χ1v) is 9.15. The van der Waals surface area contributed by atoms with Crippen LogP contribution >= 0.6 is 24.0 Å². The molecule has 0 radical (unpaired) electrons. The van der Waals surface area contributed by atoms with E-state index in [1.807, 2.05) is 42.3 Å². The molecule has 0 bridgehead atoms. The van der Waals surface area contributed by atoms with Gasteiger partial charge < -0.3 is 20.0 Å². The molecule has 8 heteroatoms. The smallest absolute Gasteiger partial charge is 0.291 e. The minimum atomic E-state index is -0.291. The van der Waals surface area contributed by atoms with Crippen molar-refractivity contribution < 1.29 is 13.6 Å². The molecule has 0 aliphatic rings. The lowest BCUT2D eigenvalue weighted by Crippen LogP contribution is -2.38. The van der Waals surface area contributed by atoms with Crippen LogP contribution in [0.2, 0.25) is 0 Å². The summed E-state index contributed by atoms with van der Waals surface area (Å²) >= 11 is 0. The van der Waals surface area contributed by atoms with Crippen molar-refractivity contribution in [2.45, 2.75) is 13.1 Å². The SMILES string of the molecule is CN=C(NCc1ccc(NC(=O)c2ccco2)cc1)N(C)Cc1cccc(F)c1.I. The fourth-order valence-electron chi connectivity index (χ4n) is 2.86. The molecule has 0 saturated heterocycles. The highest BCUT2D eigenvalue weighted by atomic mass is 127. The summed E-state index contributed by atoms with van der Waals surface area (Å²) in [6, 6.07) is 17.3. The molecule has 1 amide bonds. The maximum atomic E-state index is 13.4. The Morgan fingerprint density at radius 1 is 1.10 bits per heavy atom. The van der Waals surface area contributed by atoms with Crippen LogP contribution in [0.1, 0.15) is 21.7 Å². The first kappa shape index (κ1) is 23.4. The van der Waals surface area contributed by atoms with Crippen LogP contribution in [0.15, 0.2) is 76.3 Å². The lowest BCUT2D eigenvalue weighted by Gasteiger charge is -2.22. The number of nitrogens with one attached hydrogen (secondary N) is 2. The third-order valence-electron chi connectivity index (χ3n) is 4.29. The van der Waals surface area contributed by atoms with Gasteiger partial charge in [0, 0.05) is 32.9 Å². The van der Waals surface area contributed by atoms with Crippen molar-refractivity contribution in [2.75, 3.05) is 19.4 Å². The number of furan rings is 1. The predicted molar refractivity (Wildman–Crippen MR) is 127 cm³/mol. The maximum absolute atomic E-state index is 13.4. The van der Waals surface area contributed by atoms with E-state index >= 15 is 0 Å². The van der Waals surface area contributed by atoms with Crippen molar-refractivity contribution in [3.05, 3.63) is 89.6 Å². The van der Waals surface area contributed by atoms with Crippen LogP contribution in [0.3, 0.4) is 0 Å². The summed E-state index contributed by atoms with van der Waals surface area (Å²) in [6.07, 6.45) is 1.46. The van der Waals surface area contributed by atoms with Gasteiger partial charge in [0.05, 0.1) is 6.26 Å². The molecule has 0 spiro atoms. The molecule has 2 N–H and O–H groups in total. The van der Waals surface area contributed by atoms with Gasteiger partial charge in [0.25, 0.3) is 5.91 Å². The molecular weight excluding hydrogens is 498 g/mol. The van der Waals surface area contributed by atoms with E-state index in [1.165, 1.54) is 18.4 Å². The van der Waals surface area contributed by atoms with E-state index < -0.39 is 0 Å². The van der Waals surface area contributed by atoms with Gasteiger partial charge in [-0.3, -0.25) is 9.79 Å². The number of anilines is 1. The molecule has 6 nitrogen and oxygen atoms in total. The van der Waals surface area contributed by atoms with Gasteiger partial charge in [-0.25, -0.2) is 4.39 Å². The van der Waals surface area contributed by atoms with Crippen molar-refractivity contribution in [3.63, 3.8) is 0 Å². The van der Waals surface area contributed by atoms with Crippen LogP contribution in [0.4, 0.5) is 10.1 Å². The molecule has 0 aliphatic carbocycles. The van der Waals surface area contributed by atoms with Gasteiger partial charge in [-0.15, -0.1) is 24.0 Å². The van der Waals surface area contributed by atoms with Gasteiger partial charge >= 0.3 is 0 Å². The van der Waals surface area contributed by atoms with Crippen LogP contribution in [0.25, 0.3) is 0 Å². The number of guanidine groups is 1. The van der Waals surface area contributed by atoms with Gasteiger partial charge in [-0.1, -0.05) is 24.3 Å². The zero-order chi connectivity index (χ0) is 20.6. The second kappa shape index (κ2) is 11.3. The van der Waals surface area contributed by atoms with Crippen LogP contribution in [-0.2, 0) is 13.1 Å². The summed E-state index contributed by atoms with van der Waals surface area (Å²) in [5.74, 6) is 0.420. The standard InChI is InChI=1S/C22H23FN4O2.HI/c1-24-22(27(2)15-17-5-3-6-18(23)13-17)25-14-16-8-10-19(11-9-16)26-21(28)20-7-4-12-29-20;/h3-13H,14-15H2,1-2H3,(H,24,25)(H,26,28);1H. The van der Waals surface area contributed by atoms with E-state index in [1.54, 1.807) is 25.2 Å². The molecule has 0 fully saturated rings. The Balaban J connectivity index is 0.00000320. The number of halogens is 2. The quantitative estimate of drug-likeness (QED) is 0.284.